The number of hydrogen-bond acceptors (Lipinski definition) is 4. The van der Waals surface area contributed by atoms with Crippen molar-refractivity contribution in [3.05, 3.63) is 47.8 Å². The Morgan fingerprint density at radius 2 is 1.95 bits per heavy atom. The Hall–Kier alpha value is -2.10. The molecule has 0 radical (unpaired) electrons. The maximum Gasteiger partial charge on any atom is 0.159 e. The third-order valence-electron chi connectivity index (χ3n) is 4.12. The summed E-state index contributed by atoms with van der Waals surface area (Å²) in [6.07, 6.45) is 5.09. The summed E-state index contributed by atoms with van der Waals surface area (Å²) >= 11 is 0. The molecule has 2 aliphatic heterocycles. The molecule has 0 N–H and O–H groups in total. The molecule has 0 fully saturated rings. The first-order chi connectivity index (χ1) is 9.66. The fourth-order valence-corrected chi connectivity index (χ4v) is 2.88. The van der Waals surface area contributed by atoms with E-state index in [2.05, 4.69) is 77.3 Å². The van der Waals surface area contributed by atoms with Crippen LogP contribution in [0.4, 0.5) is 0 Å². The first kappa shape index (κ1) is 12.9. The van der Waals surface area contributed by atoms with Crippen molar-refractivity contribution in [3.8, 4) is 0 Å². The number of nitrogens with zero attached hydrogens (tertiary/aromatic N) is 4. The van der Waals surface area contributed by atoms with Crippen molar-refractivity contribution in [2.24, 2.45) is 9.98 Å². The fourth-order valence-electron chi connectivity index (χ4n) is 2.88. The van der Waals surface area contributed by atoms with Gasteiger partial charge in [0.05, 0.1) is 0 Å². The number of rotatable bonds is 3. The third-order valence-corrected chi connectivity index (χ3v) is 4.12. The molecule has 0 amide bonds. The first-order valence-corrected chi connectivity index (χ1v) is 6.99. The molecule has 0 aromatic heterocycles. The Morgan fingerprint density at radius 3 is 2.70 bits per heavy atom. The normalized spacial score (nSPS) is 22.4. The highest BCUT2D eigenvalue weighted by Crippen LogP contribution is 2.28. The summed E-state index contributed by atoms with van der Waals surface area (Å²) in [4.78, 5) is 13.1. The predicted octanol–water partition coefficient (Wildman–Crippen LogP) is 2.67. The van der Waals surface area contributed by atoms with E-state index in [-0.39, 0.29) is 0 Å². The zero-order chi connectivity index (χ0) is 14.1. The van der Waals surface area contributed by atoms with Crippen molar-refractivity contribution in [2.45, 2.75) is 25.4 Å². The molecule has 1 aromatic carbocycles. The molecule has 0 aliphatic carbocycles. The second-order valence-corrected chi connectivity index (χ2v) is 5.52. The van der Waals surface area contributed by atoms with Crippen LogP contribution in [0.25, 0.3) is 0 Å². The molecule has 0 saturated carbocycles. The van der Waals surface area contributed by atoms with Crippen LogP contribution in [-0.4, -0.2) is 42.2 Å². The maximum atomic E-state index is 4.36. The van der Waals surface area contributed by atoms with E-state index < -0.39 is 0 Å². The SMILES string of the molecule is CC(CC1N(C)C=C2N=CN=C2N1C)c1ccccc1. The molecule has 2 heterocycles. The van der Waals surface area contributed by atoms with Gasteiger partial charge in [-0.25, -0.2) is 9.98 Å². The van der Waals surface area contributed by atoms with E-state index in [9.17, 15) is 0 Å². The molecule has 0 saturated heterocycles. The number of likely N-dealkylation sites (N-methyl/N-ethyl adjacent to an activating group) is 1. The maximum absolute atomic E-state index is 4.36. The Bertz CT molecular complexity index is 573. The van der Waals surface area contributed by atoms with Crippen LogP contribution >= 0.6 is 0 Å². The van der Waals surface area contributed by atoms with E-state index in [0.717, 1.165) is 18.0 Å². The first-order valence-electron chi connectivity index (χ1n) is 6.99. The molecule has 104 valence electrons. The van der Waals surface area contributed by atoms with Crippen LogP contribution < -0.4 is 0 Å². The van der Waals surface area contributed by atoms with Gasteiger partial charge in [-0.05, 0) is 17.9 Å². The van der Waals surface area contributed by atoms with Crippen molar-refractivity contribution in [1.82, 2.24) is 9.80 Å². The van der Waals surface area contributed by atoms with Crippen molar-refractivity contribution in [2.75, 3.05) is 14.1 Å². The van der Waals surface area contributed by atoms with Gasteiger partial charge >= 0.3 is 0 Å². The van der Waals surface area contributed by atoms with Crippen molar-refractivity contribution >= 4 is 12.2 Å². The van der Waals surface area contributed by atoms with Gasteiger partial charge in [-0.1, -0.05) is 37.3 Å². The summed E-state index contributed by atoms with van der Waals surface area (Å²) in [5.74, 6) is 1.48. The second kappa shape index (κ2) is 5.12. The molecule has 2 aliphatic rings. The zero-order valence-corrected chi connectivity index (χ0v) is 12.2. The van der Waals surface area contributed by atoms with Gasteiger partial charge < -0.3 is 9.80 Å². The number of hydrogen-bond donors (Lipinski definition) is 0. The third kappa shape index (κ3) is 2.22. The smallest absolute Gasteiger partial charge is 0.159 e. The minimum Gasteiger partial charge on any atom is -0.358 e. The van der Waals surface area contributed by atoms with E-state index in [1.54, 1.807) is 6.34 Å². The average molecular weight is 268 g/mol. The van der Waals surface area contributed by atoms with Crippen LogP contribution in [0.3, 0.4) is 0 Å². The molecule has 4 heteroatoms. The molecule has 4 nitrogen and oxygen atoms in total. The minimum atomic E-state index is 0.314. The summed E-state index contributed by atoms with van der Waals surface area (Å²) in [5.41, 5.74) is 2.34. The van der Waals surface area contributed by atoms with Gasteiger partial charge in [0.2, 0.25) is 0 Å². The number of fused-ring (bicyclic) bond motifs is 1. The summed E-state index contributed by atoms with van der Waals surface area (Å²) in [5, 5.41) is 0. The second-order valence-electron chi connectivity index (χ2n) is 5.52. The summed E-state index contributed by atoms with van der Waals surface area (Å²) < 4.78 is 0. The Kier molecular flexibility index (Phi) is 3.30. The van der Waals surface area contributed by atoms with Crippen LogP contribution in [0.1, 0.15) is 24.8 Å². The predicted molar refractivity (Wildman–Crippen MR) is 82.8 cm³/mol. The van der Waals surface area contributed by atoms with E-state index in [0.29, 0.717) is 12.1 Å². The van der Waals surface area contributed by atoms with Crippen molar-refractivity contribution in [1.29, 1.82) is 0 Å². The molecule has 0 bridgehead atoms. The fraction of sp³-hybridized carbons (Fsp3) is 0.375. The molecular formula is C16H20N4. The molecule has 1 aromatic rings. The van der Waals surface area contributed by atoms with Crippen molar-refractivity contribution in [3.63, 3.8) is 0 Å². The molecule has 20 heavy (non-hydrogen) atoms. The highest BCUT2D eigenvalue weighted by atomic mass is 15.4. The highest BCUT2D eigenvalue weighted by Gasteiger charge is 2.31. The number of benzene rings is 1. The quantitative estimate of drug-likeness (QED) is 0.844. The van der Waals surface area contributed by atoms with Crippen molar-refractivity contribution < 1.29 is 0 Å². The lowest BCUT2D eigenvalue weighted by Crippen LogP contribution is -2.49. The van der Waals surface area contributed by atoms with Crippen LogP contribution in [-0.2, 0) is 0 Å². The summed E-state index contributed by atoms with van der Waals surface area (Å²) in [7, 11) is 4.20. The number of amidine groups is 1. The van der Waals surface area contributed by atoms with Crippen LogP contribution in [0.5, 0.6) is 0 Å². The molecule has 2 unspecified atom stereocenters. The van der Waals surface area contributed by atoms with E-state index in [1.807, 2.05) is 0 Å². The lowest BCUT2D eigenvalue weighted by molar-refractivity contribution is 0.159. The van der Waals surface area contributed by atoms with Gasteiger partial charge in [0, 0.05) is 20.3 Å². The molecule has 3 rings (SSSR count). The van der Waals surface area contributed by atoms with Gasteiger partial charge in [0.25, 0.3) is 0 Å². The highest BCUT2D eigenvalue weighted by molar-refractivity contribution is 6.06. The Labute approximate surface area is 120 Å². The van der Waals surface area contributed by atoms with E-state index >= 15 is 0 Å². The summed E-state index contributed by atoms with van der Waals surface area (Å²) in [6.45, 7) is 2.28. The van der Waals surface area contributed by atoms with Gasteiger partial charge in [-0.15, -0.1) is 0 Å². The summed E-state index contributed by atoms with van der Waals surface area (Å²) in [6, 6.07) is 10.7. The molecular weight excluding hydrogens is 248 g/mol. The van der Waals surface area contributed by atoms with E-state index in [4.69, 9.17) is 0 Å². The molecule has 2 atom stereocenters. The van der Waals surface area contributed by atoms with Crippen LogP contribution in [0.15, 0.2) is 52.2 Å². The lowest BCUT2D eigenvalue weighted by Gasteiger charge is -2.41. The minimum absolute atomic E-state index is 0.314. The van der Waals surface area contributed by atoms with Crippen LogP contribution in [0, 0.1) is 0 Å². The Morgan fingerprint density at radius 1 is 1.20 bits per heavy atom. The van der Waals surface area contributed by atoms with E-state index in [1.165, 1.54) is 5.56 Å². The zero-order valence-electron chi connectivity index (χ0n) is 12.2. The Balaban J connectivity index is 1.78. The van der Waals surface area contributed by atoms with Gasteiger partial charge in [0.15, 0.2) is 5.84 Å². The van der Waals surface area contributed by atoms with Crippen LogP contribution in [0.2, 0.25) is 0 Å². The molecule has 0 spiro atoms. The lowest BCUT2D eigenvalue weighted by atomic mass is 9.95. The standard InChI is InChI=1S/C16H20N4/c1-12(13-7-5-4-6-8-13)9-15-19(2)10-14-16(20(15)3)18-11-17-14/h4-8,10-12,15H,9H2,1-3H3. The average Bonchev–Trinajstić information content (AvgIpc) is 2.92. The van der Waals surface area contributed by atoms with Gasteiger partial charge in [-0.2, -0.15) is 0 Å². The van der Waals surface area contributed by atoms with Gasteiger partial charge in [-0.3, -0.25) is 0 Å². The topological polar surface area (TPSA) is 31.2 Å². The largest absolute Gasteiger partial charge is 0.358 e. The number of aliphatic imine (C=N–C) groups is 2. The monoisotopic (exact) mass is 268 g/mol. The van der Waals surface area contributed by atoms with Gasteiger partial charge in [0.1, 0.15) is 18.2 Å².